The average Bonchev–Trinajstić information content (AvgIpc) is 2.46. The first-order valence-electron chi connectivity index (χ1n) is 8.54. The molecule has 2 aromatic rings. The highest BCUT2D eigenvalue weighted by Gasteiger charge is 2.19. The van der Waals surface area contributed by atoms with Gasteiger partial charge in [-0.3, -0.25) is 4.79 Å². The van der Waals surface area contributed by atoms with Gasteiger partial charge in [0.2, 0.25) is 0 Å². The van der Waals surface area contributed by atoms with Crippen molar-refractivity contribution in [2.24, 2.45) is 0 Å². The molecule has 0 spiro atoms. The molecule has 1 heteroatoms. The number of rotatable bonds is 5. The summed E-state index contributed by atoms with van der Waals surface area (Å²) >= 11 is 0. The van der Waals surface area contributed by atoms with Crippen molar-refractivity contribution >= 4 is 5.78 Å². The molecule has 2 aromatic carbocycles. The van der Waals surface area contributed by atoms with Gasteiger partial charge in [-0.25, -0.2) is 0 Å². The lowest BCUT2D eigenvalue weighted by molar-refractivity contribution is 0.0991. The summed E-state index contributed by atoms with van der Waals surface area (Å²) < 4.78 is 0. The Morgan fingerprint density at radius 2 is 1.26 bits per heavy atom. The lowest BCUT2D eigenvalue weighted by Gasteiger charge is -2.20. The van der Waals surface area contributed by atoms with Crippen LogP contribution in [0, 0.1) is 13.8 Å². The molecule has 0 radical (unpaired) electrons. The van der Waals surface area contributed by atoms with Crippen LogP contribution in [0.4, 0.5) is 0 Å². The average molecular weight is 308 g/mol. The van der Waals surface area contributed by atoms with Gasteiger partial charge in [-0.05, 0) is 53.5 Å². The first-order chi connectivity index (χ1) is 10.8. The van der Waals surface area contributed by atoms with E-state index in [2.05, 4.69) is 45.9 Å². The van der Waals surface area contributed by atoms with Crippen LogP contribution in [0.2, 0.25) is 0 Å². The van der Waals surface area contributed by atoms with E-state index < -0.39 is 0 Å². The predicted molar refractivity (Wildman–Crippen MR) is 98.6 cm³/mol. The minimum atomic E-state index is 0.232. The molecule has 122 valence electrons. The lowest BCUT2D eigenvalue weighted by atomic mass is 9.84. The van der Waals surface area contributed by atoms with Gasteiger partial charge in [0.05, 0.1) is 0 Å². The molecule has 23 heavy (non-hydrogen) atoms. The van der Waals surface area contributed by atoms with E-state index in [1.54, 1.807) is 0 Å². The van der Waals surface area contributed by atoms with Crippen LogP contribution >= 0.6 is 0 Å². The largest absolute Gasteiger partial charge is 0.294 e. The van der Waals surface area contributed by atoms with E-state index in [9.17, 15) is 4.79 Å². The molecule has 0 aliphatic rings. The van der Waals surface area contributed by atoms with Crippen molar-refractivity contribution in [1.82, 2.24) is 0 Å². The number of ketones is 1. The maximum Gasteiger partial charge on any atom is 0.167 e. The summed E-state index contributed by atoms with van der Waals surface area (Å²) in [5, 5.41) is 0. The molecule has 0 fully saturated rings. The molecular formula is C22H28O. The Balaban J connectivity index is 2.49. The second-order valence-electron chi connectivity index (χ2n) is 7.09. The van der Waals surface area contributed by atoms with Gasteiger partial charge >= 0.3 is 0 Å². The van der Waals surface area contributed by atoms with Gasteiger partial charge < -0.3 is 0 Å². The van der Waals surface area contributed by atoms with Gasteiger partial charge in [-0.1, -0.05) is 64.1 Å². The molecular weight excluding hydrogens is 280 g/mol. The van der Waals surface area contributed by atoms with E-state index in [1.165, 1.54) is 16.7 Å². The van der Waals surface area contributed by atoms with E-state index in [4.69, 9.17) is 0 Å². The summed E-state index contributed by atoms with van der Waals surface area (Å²) in [6.07, 6.45) is 0.494. The zero-order chi connectivity index (χ0) is 17.1. The van der Waals surface area contributed by atoms with Crippen molar-refractivity contribution in [3.8, 4) is 0 Å². The Morgan fingerprint density at radius 3 is 1.70 bits per heavy atom. The molecule has 0 unspecified atom stereocenters. The second-order valence-corrected chi connectivity index (χ2v) is 7.09. The van der Waals surface area contributed by atoms with Crippen LogP contribution in [-0.2, 0) is 6.42 Å². The molecule has 0 N–H and O–H groups in total. The van der Waals surface area contributed by atoms with Crippen molar-refractivity contribution in [2.45, 2.75) is 59.8 Å². The Labute approximate surface area is 140 Å². The van der Waals surface area contributed by atoms with Gasteiger partial charge in [-0.15, -0.1) is 0 Å². The summed E-state index contributed by atoms with van der Waals surface area (Å²) in [5.74, 6) is 1.08. The van der Waals surface area contributed by atoms with Crippen LogP contribution in [0.25, 0.3) is 0 Å². The maximum atomic E-state index is 13.0. The van der Waals surface area contributed by atoms with Crippen molar-refractivity contribution in [3.05, 3.63) is 69.8 Å². The second kappa shape index (κ2) is 7.12. The summed E-state index contributed by atoms with van der Waals surface area (Å²) in [6.45, 7) is 12.9. The number of carbonyl (C=O) groups excluding carboxylic acids is 1. The Hall–Kier alpha value is -1.89. The number of aryl methyl sites for hydroxylation is 2. The van der Waals surface area contributed by atoms with E-state index in [1.807, 2.05) is 32.0 Å². The minimum absolute atomic E-state index is 0.232. The number of hydrogen-bond acceptors (Lipinski definition) is 1. The van der Waals surface area contributed by atoms with Crippen LogP contribution in [0.3, 0.4) is 0 Å². The molecule has 0 saturated carbocycles. The molecule has 0 bridgehead atoms. The highest BCUT2D eigenvalue weighted by Crippen LogP contribution is 2.29. The fourth-order valence-corrected chi connectivity index (χ4v) is 3.41. The van der Waals surface area contributed by atoms with Gasteiger partial charge in [0.25, 0.3) is 0 Å². The Bertz CT molecular complexity index is 661. The zero-order valence-corrected chi connectivity index (χ0v) is 15.2. The quantitative estimate of drug-likeness (QED) is 0.621. The molecule has 2 rings (SSSR count). The Morgan fingerprint density at radius 1 is 0.826 bits per heavy atom. The molecule has 0 heterocycles. The number of carbonyl (C=O) groups is 1. The predicted octanol–water partition coefficient (Wildman–Crippen LogP) is 5.98. The van der Waals surface area contributed by atoms with Crippen LogP contribution < -0.4 is 0 Å². The molecule has 0 saturated heterocycles. The highest BCUT2D eigenvalue weighted by molar-refractivity contribution is 6.00. The fraction of sp³-hybridized carbons (Fsp3) is 0.409. The van der Waals surface area contributed by atoms with Crippen LogP contribution in [0.5, 0.6) is 0 Å². The first kappa shape index (κ1) is 17.5. The van der Waals surface area contributed by atoms with E-state index in [0.717, 1.165) is 16.7 Å². The van der Waals surface area contributed by atoms with Crippen molar-refractivity contribution in [3.63, 3.8) is 0 Å². The SMILES string of the molecule is Cc1cccc(C)c1C(=O)Cc1c(C(C)C)cccc1C(C)C. The van der Waals surface area contributed by atoms with Crippen molar-refractivity contribution in [1.29, 1.82) is 0 Å². The summed E-state index contributed by atoms with van der Waals surface area (Å²) in [7, 11) is 0. The third-order valence-electron chi connectivity index (χ3n) is 4.59. The van der Waals surface area contributed by atoms with Crippen molar-refractivity contribution in [2.75, 3.05) is 0 Å². The first-order valence-corrected chi connectivity index (χ1v) is 8.54. The van der Waals surface area contributed by atoms with Crippen LogP contribution in [0.1, 0.15) is 77.7 Å². The molecule has 0 atom stereocenters. The molecule has 0 aliphatic carbocycles. The summed E-state index contributed by atoms with van der Waals surface area (Å²) in [6, 6.07) is 12.5. The topological polar surface area (TPSA) is 17.1 Å². The van der Waals surface area contributed by atoms with Gasteiger partial charge in [-0.2, -0.15) is 0 Å². The van der Waals surface area contributed by atoms with Crippen LogP contribution in [-0.4, -0.2) is 5.78 Å². The van der Waals surface area contributed by atoms with Gasteiger partial charge in [0, 0.05) is 12.0 Å². The number of hydrogen-bond donors (Lipinski definition) is 0. The highest BCUT2D eigenvalue weighted by atomic mass is 16.1. The molecule has 0 aliphatic heterocycles. The number of benzene rings is 2. The monoisotopic (exact) mass is 308 g/mol. The standard InChI is InChI=1S/C22H28O/c1-14(2)18-11-8-12-19(15(3)4)20(18)13-21(23)22-16(5)9-7-10-17(22)6/h7-12,14-15H,13H2,1-6H3. The Kier molecular flexibility index (Phi) is 5.41. The molecule has 0 aromatic heterocycles. The van der Waals surface area contributed by atoms with Gasteiger partial charge in [0.1, 0.15) is 0 Å². The third kappa shape index (κ3) is 3.72. The van der Waals surface area contributed by atoms with Crippen LogP contribution in [0.15, 0.2) is 36.4 Å². The zero-order valence-electron chi connectivity index (χ0n) is 15.2. The van der Waals surface area contributed by atoms with Gasteiger partial charge in [0.15, 0.2) is 5.78 Å². The summed E-state index contributed by atoms with van der Waals surface area (Å²) in [5.41, 5.74) is 6.86. The van der Waals surface area contributed by atoms with E-state index in [-0.39, 0.29) is 5.78 Å². The van der Waals surface area contributed by atoms with E-state index >= 15 is 0 Å². The van der Waals surface area contributed by atoms with Crippen molar-refractivity contribution < 1.29 is 4.79 Å². The maximum absolute atomic E-state index is 13.0. The van der Waals surface area contributed by atoms with E-state index in [0.29, 0.717) is 18.3 Å². The normalized spacial score (nSPS) is 11.3. The minimum Gasteiger partial charge on any atom is -0.294 e. The molecule has 1 nitrogen and oxygen atoms in total. The third-order valence-corrected chi connectivity index (χ3v) is 4.59. The summed E-state index contributed by atoms with van der Waals surface area (Å²) in [4.78, 5) is 13.0. The lowest BCUT2D eigenvalue weighted by Crippen LogP contribution is -2.12. The number of Topliss-reactive ketones (excluding diaryl/α,β-unsaturated/α-hetero) is 1. The smallest absolute Gasteiger partial charge is 0.167 e. The fourth-order valence-electron chi connectivity index (χ4n) is 3.41. The molecule has 0 amide bonds.